The molecular weight excluding hydrogens is 270 g/mol. The molecule has 3 N–H and O–H groups in total. The minimum Gasteiger partial charge on any atom is -0.377 e. The summed E-state index contributed by atoms with van der Waals surface area (Å²) in [5.41, 5.74) is 5.33. The number of rotatable bonds is 10. The van der Waals surface area contributed by atoms with Gasteiger partial charge in [-0.05, 0) is 13.3 Å². The van der Waals surface area contributed by atoms with E-state index in [1.165, 1.54) is 0 Å². The second-order valence-electron chi connectivity index (χ2n) is 4.73. The van der Waals surface area contributed by atoms with Crippen LogP contribution in [0.1, 0.15) is 32.5 Å². The van der Waals surface area contributed by atoms with Crippen molar-refractivity contribution in [3.8, 4) is 0 Å². The van der Waals surface area contributed by atoms with E-state index in [1.54, 1.807) is 7.11 Å². The van der Waals surface area contributed by atoms with Crippen LogP contribution in [0.15, 0.2) is 6.07 Å². The van der Waals surface area contributed by atoms with Crippen molar-refractivity contribution >= 4 is 17.5 Å². The van der Waals surface area contributed by atoms with Crippen LogP contribution >= 0.6 is 0 Å². The van der Waals surface area contributed by atoms with Crippen LogP contribution in [0.25, 0.3) is 0 Å². The number of amides is 1. The number of nitrogens with zero attached hydrogens (tertiary/aromatic N) is 3. The summed E-state index contributed by atoms with van der Waals surface area (Å²) in [6.07, 6.45) is 2.00. The van der Waals surface area contributed by atoms with Gasteiger partial charge in [0.15, 0.2) is 5.82 Å². The molecule has 0 aliphatic heterocycles. The zero-order valence-electron chi connectivity index (χ0n) is 13.1. The van der Waals surface area contributed by atoms with Crippen LogP contribution in [0.5, 0.6) is 0 Å². The van der Waals surface area contributed by atoms with Crippen molar-refractivity contribution in [1.29, 1.82) is 0 Å². The molecule has 0 saturated heterocycles. The largest absolute Gasteiger partial charge is 0.377 e. The fourth-order valence-corrected chi connectivity index (χ4v) is 1.92. The molecule has 21 heavy (non-hydrogen) atoms. The maximum Gasteiger partial charge on any atom is 0.236 e. The van der Waals surface area contributed by atoms with E-state index in [1.807, 2.05) is 17.9 Å². The third-order valence-electron chi connectivity index (χ3n) is 2.84. The van der Waals surface area contributed by atoms with Gasteiger partial charge in [0, 0.05) is 26.3 Å². The Morgan fingerprint density at radius 2 is 2.19 bits per heavy atom. The van der Waals surface area contributed by atoms with Crippen molar-refractivity contribution < 1.29 is 9.53 Å². The lowest BCUT2D eigenvalue weighted by Crippen LogP contribution is -2.35. The van der Waals surface area contributed by atoms with Crippen molar-refractivity contribution in [2.75, 3.05) is 37.0 Å². The average molecular weight is 295 g/mol. The molecule has 0 fully saturated rings. The molecule has 7 nitrogen and oxygen atoms in total. The number of methoxy groups -OCH3 is 1. The number of nitrogens with one attached hydrogen (secondary N) is 1. The summed E-state index contributed by atoms with van der Waals surface area (Å²) >= 11 is 0. The Morgan fingerprint density at radius 3 is 2.76 bits per heavy atom. The van der Waals surface area contributed by atoms with Gasteiger partial charge in [-0.2, -0.15) is 0 Å². The van der Waals surface area contributed by atoms with Crippen molar-refractivity contribution in [3.05, 3.63) is 11.9 Å². The van der Waals surface area contributed by atoms with Gasteiger partial charge in [0.25, 0.3) is 0 Å². The molecule has 0 radical (unpaired) electrons. The van der Waals surface area contributed by atoms with E-state index < -0.39 is 0 Å². The minimum absolute atomic E-state index is 0.148. The van der Waals surface area contributed by atoms with E-state index in [2.05, 4.69) is 22.2 Å². The fraction of sp³-hybridized carbons (Fsp3) is 0.643. The summed E-state index contributed by atoms with van der Waals surface area (Å²) < 4.78 is 5.10. The van der Waals surface area contributed by atoms with Crippen molar-refractivity contribution in [2.45, 2.75) is 33.3 Å². The lowest BCUT2D eigenvalue weighted by Gasteiger charge is -2.23. The molecule has 1 heterocycles. The van der Waals surface area contributed by atoms with E-state index >= 15 is 0 Å². The number of aromatic nitrogens is 2. The number of carbonyl (C=O) groups is 1. The van der Waals surface area contributed by atoms with Crippen LogP contribution in [0, 0.1) is 0 Å². The van der Waals surface area contributed by atoms with E-state index in [9.17, 15) is 4.79 Å². The molecule has 0 spiro atoms. The Hall–Kier alpha value is -1.89. The highest BCUT2D eigenvalue weighted by Crippen LogP contribution is 2.17. The number of carbonyl (C=O) groups excluding carboxylic acids is 1. The number of nitrogens with two attached hydrogens (primary N) is 1. The van der Waals surface area contributed by atoms with Crippen molar-refractivity contribution in [2.24, 2.45) is 5.73 Å². The maximum absolute atomic E-state index is 11.3. The summed E-state index contributed by atoms with van der Waals surface area (Å²) in [5, 5.41) is 3.16. The first-order chi connectivity index (χ1) is 10.1. The third-order valence-corrected chi connectivity index (χ3v) is 2.84. The molecule has 0 unspecified atom stereocenters. The maximum atomic E-state index is 11.3. The molecule has 118 valence electrons. The zero-order chi connectivity index (χ0) is 15.7. The van der Waals surface area contributed by atoms with Crippen LogP contribution in [0.4, 0.5) is 11.6 Å². The lowest BCUT2D eigenvalue weighted by molar-refractivity contribution is -0.116. The Labute approximate surface area is 125 Å². The molecule has 0 bridgehead atoms. The molecule has 1 aromatic heterocycles. The smallest absolute Gasteiger partial charge is 0.236 e. The van der Waals surface area contributed by atoms with Crippen LogP contribution in [0.2, 0.25) is 0 Å². The van der Waals surface area contributed by atoms with E-state index in [0.717, 1.165) is 31.7 Å². The molecule has 0 saturated carbocycles. The fourth-order valence-electron chi connectivity index (χ4n) is 1.92. The molecule has 0 aliphatic rings. The first kappa shape index (κ1) is 17.2. The second-order valence-corrected chi connectivity index (χ2v) is 4.73. The second kappa shape index (κ2) is 9.12. The number of unbranched alkanes of at least 4 members (excludes halogenated alkanes) is 1. The van der Waals surface area contributed by atoms with Crippen LogP contribution in [-0.4, -0.2) is 42.6 Å². The average Bonchev–Trinajstić information content (AvgIpc) is 2.43. The normalized spacial score (nSPS) is 10.4. The van der Waals surface area contributed by atoms with Crippen molar-refractivity contribution in [3.63, 3.8) is 0 Å². The van der Waals surface area contributed by atoms with Crippen LogP contribution in [0.3, 0.4) is 0 Å². The SMILES string of the molecule is CCCCN(CC(N)=O)c1cc(NCC)nc(COC)n1. The summed E-state index contributed by atoms with van der Waals surface area (Å²) in [6.45, 7) is 6.06. The van der Waals surface area contributed by atoms with Crippen molar-refractivity contribution in [1.82, 2.24) is 9.97 Å². The van der Waals surface area contributed by atoms with E-state index in [4.69, 9.17) is 10.5 Å². The van der Waals surface area contributed by atoms with Gasteiger partial charge in [-0.15, -0.1) is 0 Å². The number of primary amides is 1. The van der Waals surface area contributed by atoms with Crippen LogP contribution < -0.4 is 16.0 Å². The van der Waals surface area contributed by atoms with Gasteiger partial charge < -0.3 is 20.7 Å². The Balaban J connectivity index is 3.04. The van der Waals surface area contributed by atoms with Gasteiger partial charge in [-0.1, -0.05) is 13.3 Å². The monoisotopic (exact) mass is 295 g/mol. The topological polar surface area (TPSA) is 93.4 Å². The molecule has 1 aromatic rings. The molecule has 1 rings (SSSR count). The van der Waals surface area contributed by atoms with Crippen LogP contribution in [-0.2, 0) is 16.1 Å². The van der Waals surface area contributed by atoms with E-state index in [0.29, 0.717) is 18.2 Å². The Morgan fingerprint density at radius 1 is 1.43 bits per heavy atom. The molecule has 1 amide bonds. The first-order valence-electron chi connectivity index (χ1n) is 7.24. The van der Waals surface area contributed by atoms with Gasteiger partial charge in [-0.25, -0.2) is 9.97 Å². The number of anilines is 2. The lowest BCUT2D eigenvalue weighted by atomic mass is 10.3. The summed E-state index contributed by atoms with van der Waals surface area (Å²) in [6, 6.07) is 1.83. The van der Waals surface area contributed by atoms with Gasteiger partial charge in [0.1, 0.15) is 18.2 Å². The quantitative estimate of drug-likeness (QED) is 0.672. The first-order valence-corrected chi connectivity index (χ1v) is 7.24. The molecule has 7 heteroatoms. The molecule has 0 aliphatic carbocycles. The third kappa shape index (κ3) is 5.95. The summed E-state index contributed by atoms with van der Waals surface area (Å²) in [7, 11) is 1.60. The van der Waals surface area contributed by atoms with Gasteiger partial charge in [0.2, 0.25) is 5.91 Å². The summed E-state index contributed by atoms with van der Waals surface area (Å²) in [5.74, 6) is 1.63. The highest BCUT2D eigenvalue weighted by Gasteiger charge is 2.13. The Bertz CT molecular complexity index is 429. The van der Waals surface area contributed by atoms with Gasteiger partial charge >= 0.3 is 0 Å². The standard InChI is InChI=1S/C14H25N5O2/c1-4-6-7-19(9-11(15)20)14-8-12(16-5-2)17-13(18-14)10-21-3/h8H,4-7,9-10H2,1-3H3,(H2,15,20)(H,16,17,18). The van der Waals surface area contributed by atoms with Gasteiger partial charge in [-0.3, -0.25) is 4.79 Å². The molecule has 0 atom stereocenters. The Kier molecular flexibility index (Phi) is 7.45. The summed E-state index contributed by atoms with van der Waals surface area (Å²) in [4.78, 5) is 22.0. The van der Waals surface area contributed by atoms with Gasteiger partial charge in [0.05, 0.1) is 6.54 Å². The highest BCUT2D eigenvalue weighted by atomic mass is 16.5. The molecular formula is C14H25N5O2. The predicted molar refractivity (Wildman–Crippen MR) is 83.2 cm³/mol. The van der Waals surface area contributed by atoms with E-state index in [-0.39, 0.29) is 12.5 Å². The minimum atomic E-state index is -0.372. The molecule has 0 aromatic carbocycles. The number of hydrogen-bond donors (Lipinski definition) is 2. The zero-order valence-corrected chi connectivity index (χ0v) is 13.1. The number of ether oxygens (including phenoxy) is 1. The predicted octanol–water partition coefficient (Wildman–Crippen LogP) is 1.15. The highest BCUT2D eigenvalue weighted by molar-refractivity contribution is 5.79. The number of hydrogen-bond acceptors (Lipinski definition) is 6.